The summed E-state index contributed by atoms with van der Waals surface area (Å²) in [4.78, 5) is 12.5. The van der Waals surface area contributed by atoms with Crippen molar-refractivity contribution in [3.63, 3.8) is 0 Å². The van der Waals surface area contributed by atoms with Crippen LogP contribution in [0.5, 0.6) is 0 Å². The maximum Gasteiger partial charge on any atom is 0.284 e. The van der Waals surface area contributed by atoms with E-state index in [1.807, 2.05) is 43.7 Å². The van der Waals surface area contributed by atoms with Crippen LogP contribution in [0.1, 0.15) is 71.8 Å². The Hall–Kier alpha value is -2.87. The summed E-state index contributed by atoms with van der Waals surface area (Å²) in [7, 11) is 1.89. The molecule has 1 aliphatic heterocycles. The van der Waals surface area contributed by atoms with Gasteiger partial charge in [0.05, 0.1) is 18.8 Å². The summed E-state index contributed by atoms with van der Waals surface area (Å²) < 4.78 is 7.14. The molecule has 4 N–H and O–H groups in total. The van der Waals surface area contributed by atoms with Crippen molar-refractivity contribution < 1.29 is 14.6 Å². The lowest BCUT2D eigenvalue weighted by Gasteiger charge is -2.12. The molecule has 8 nitrogen and oxygen atoms in total. The van der Waals surface area contributed by atoms with Crippen LogP contribution >= 0.6 is 0 Å². The van der Waals surface area contributed by atoms with Crippen LogP contribution in [0.25, 0.3) is 0 Å². The van der Waals surface area contributed by atoms with Gasteiger partial charge in [-0.1, -0.05) is 44.2 Å². The Morgan fingerprint density at radius 3 is 2.39 bits per heavy atom. The maximum atomic E-state index is 5.83. The lowest BCUT2D eigenvalue weighted by atomic mass is 9.93. The monoisotopic (exact) mass is 459 g/mol. The standard InChI is InChI=1S/C12H19NO.C9H14N5.C4H8.H2O/c1-5-6-7-8-10-9-11(14-13-10)12(2,3)4;1-11-9-7(12-5-14(9)2)8(10)13-6-3-4-6;1-3-4-2;/h5,9H,1,6-8H2,2-4H3;5-6,9H,1,3-4H2,2H3,(H2,10,13);3-4H,1-2H3;1H2/q;+1;;/b;;4-3+;. The van der Waals surface area contributed by atoms with E-state index in [0.29, 0.717) is 11.9 Å². The van der Waals surface area contributed by atoms with Crippen molar-refractivity contribution in [1.82, 2.24) is 5.16 Å². The molecule has 0 radical (unpaired) electrons. The van der Waals surface area contributed by atoms with Crippen LogP contribution in [-0.2, 0) is 11.8 Å². The second-order valence-electron chi connectivity index (χ2n) is 8.88. The maximum absolute atomic E-state index is 5.83. The van der Waals surface area contributed by atoms with Gasteiger partial charge in [0.2, 0.25) is 0 Å². The highest BCUT2D eigenvalue weighted by atomic mass is 16.5. The summed E-state index contributed by atoms with van der Waals surface area (Å²) in [6.07, 6.45) is 12.9. The largest absolute Gasteiger partial charge is 0.412 e. The molecule has 3 rings (SSSR count). The third kappa shape index (κ3) is 11.0. The van der Waals surface area contributed by atoms with Crippen LogP contribution in [0.4, 0.5) is 0 Å². The molecule has 2 heterocycles. The highest BCUT2D eigenvalue weighted by molar-refractivity contribution is 6.44. The van der Waals surface area contributed by atoms with Gasteiger partial charge in [0, 0.05) is 11.5 Å². The molecular formula is C25H43N6O2+. The molecule has 0 spiro atoms. The topological polar surface area (TPSA) is 124 Å². The van der Waals surface area contributed by atoms with Gasteiger partial charge >= 0.3 is 0 Å². The molecule has 1 saturated carbocycles. The molecule has 0 bridgehead atoms. The zero-order valence-electron chi connectivity index (χ0n) is 21.2. The van der Waals surface area contributed by atoms with Crippen LogP contribution in [-0.4, -0.2) is 59.1 Å². The smallest absolute Gasteiger partial charge is 0.284 e. The summed E-state index contributed by atoms with van der Waals surface area (Å²) in [6, 6.07) is 2.47. The predicted molar refractivity (Wildman–Crippen MR) is 140 cm³/mol. The lowest BCUT2D eigenvalue weighted by Crippen LogP contribution is -2.36. The average Bonchev–Trinajstić information content (AvgIpc) is 3.28. The summed E-state index contributed by atoms with van der Waals surface area (Å²) in [5.41, 5.74) is 7.66. The Kier molecular flexibility index (Phi) is 13.7. The second kappa shape index (κ2) is 15.1. The minimum Gasteiger partial charge on any atom is -0.412 e. The summed E-state index contributed by atoms with van der Waals surface area (Å²) in [5.74, 6) is 1.47. The number of hydrogen-bond acceptors (Lipinski definition) is 5. The molecule has 1 atom stereocenters. The molecule has 1 aromatic rings. The summed E-state index contributed by atoms with van der Waals surface area (Å²) in [5, 5.41) is 4.05. The van der Waals surface area contributed by atoms with Gasteiger partial charge < -0.3 is 15.7 Å². The van der Waals surface area contributed by atoms with Crippen molar-refractivity contribution in [3.8, 4) is 0 Å². The van der Waals surface area contributed by atoms with Crippen LogP contribution in [0.15, 0.2) is 50.4 Å². The van der Waals surface area contributed by atoms with Gasteiger partial charge in [-0.3, -0.25) is 4.99 Å². The van der Waals surface area contributed by atoms with E-state index < -0.39 is 0 Å². The van der Waals surface area contributed by atoms with Gasteiger partial charge in [0.25, 0.3) is 18.2 Å². The number of unbranched alkanes of at least 4 members (excludes halogenated alkanes) is 1. The quantitative estimate of drug-likeness (QED) is 0.219. The molecule has 1 fully saturated rings. The summed E-state index contributed by atoms with van der Waals surface area (Å²) in [6.45, 7) is 17.6. The number of amidine groups is 1. The first-order valence-electron chi connectivity index (χ1n) is 11.2. The SMILES string of the molecule is C/C=C/C.C=CCCCc1cc(C(C)(C)C)on1.C=NC1C(C(N)=NC2CC2)=NC=[N+]1C.O. The second-order valence-corrected chi connectivity index (χ2v) is 8.88. The van der Waals surface area contributed by atoms with Gasteiger partial charge in [0.15, 0.2) is 5.84 Å². The Morgan fingerprint density at radius 2 is 1.94 bits per heavy atom. The number of allylic oxidation sites excluding steroid dienone is 3. The molecule has 184 valence electrons. The zero-order chi connectivity index (χ0) is 24.1. The molecule has 1 aromatic heterocycles. The highest BCUT2D eigenvalue weighted by Crippen LogP contribution is 2.24. The van der Waals surface area contributed by atoms with Crippen molar-refractivity contribution in [2.75, 3.05) is 7.05 Å². The van der Waals surface area contributed by atoms with Gasteiger partial charge in [-0.2, -0.15) is 0 Å². The number of nitrogens with two attached hydrogens (primary N) is 1. The molecule has 8 heteroatoms. The van der Waals surface area contributed by atoms with E-state index in [0.717, 1.165) is 49.3 Å². The van der Waals surface area contributed by atoms with Gasteiger partial charge in [-0.05, 0) is 57.7 Å². The number of rotatable bonds is 7. The van der Waals surface area contributed by atoms with E-state index >= 15 is 0 Å². The van der Waals surface area contributed by atoms with E-state index in [2.05, 4.69) is 60.3 Å². The van der Waals surface area contributed by atoms with Crippen molar-refractivity contribution >= 4 is 24.6 Å². The highest BCUT2D eigenvalue weighted by Gasteiger charge is 2.33. The molecule has 33 heavy (non-hydrogen) atoms. The molecule has 2 aliphatic rings. The number of aliphatic imine (C=N–C) groups is 3. The van der Waals surface area contributed by atoms with Gasteiger partial charge in [-0.25, -0.2) is 9.57 Å². The fourth-order valence-corrected chi connectivity index (χ4v) is 2.57. The molecule has 1 unspecified atom stereocenters. The Morgan fingerprint density at radius 1 is 1.30 bits per heavy atom. The molecule has 1 aliphatic carbocycles. The van der Waals surface area contributed by atoms with Gasteiger partial charge in [-0.15, -0.1) is 6.58 Å². The molecular weight excluding hydrogens is 416 g/mol. The van der Waals surface area contributed by atoms with E-state index in [1.54, 1.807) is 6.34 Å². The number of aromatic nitrogens is 1. The summed E-state index contributed by atoms with van der Waals surface area (Å²) >= 11 is 0. The van der Waals surface area contributed by atoms with Crippen molar-refractivity contribution in [3.05, 3.63) is 42.3 Å². The zero-order valence-corrected chi connectivity index (χ0v) is 21.2. The van der Waals surface area contributed by atoms with E-state index in [1.165, 1.54) is 0 Å². The van der Waals surface area contributed by atoms with E-state index in [-0.39, 0.29) is 17.1 Å². The van der Waals surface area contributed by atoms with Crippen molar-refractivity contribution in [1.29, 1.82) is 0 Å². The minimum absolute atomic E-state index is 0. The first-order valence-corrected chi connectivity index (χ1v) is 11.2. The van der Waals surface area contributed by atoms with Crippen LogP contribution in [0, 0.1) is 0 Å². The van der Waals surface area contributed by atoms with Crippen LogP contribution in [0.3, 0.4) is 0 Å². The van der Waals surface area contributed by atoms with Crippen LogP contribution in [0.2, 0.25) is 0 Å². The lowest BCUT2D eigenvalue weighted by molar-refractivity contribution is -0.509. The van der Waals surface area contributed by atoms with Crippen LogP contribution < -0.4 is 5.73 Å². The number of hydrogen-bond donors (Lipinski definition) is 1. The molecule has 0 saturated heterocycles. The Balaban J connectivity index is 0.000000522. The first kappa shape index (κ1) is 30.1. The Labute approximate surface area is 199 Å². The predicted octanol–water partition coefficient (Wildman–Crippen LogP) is 3.90. The fraction of sp³-hybridized carbons (Fsp3) is 0.560. The Bertz CT molecular complexity index is 850. The minimum atomic E-state index is -0.169. The fourth-order valence-electron chi connectivity index (χ4n) is 2.57. The van der Waals surface area contributed by atoms with E-state index in [9.17, 15) is 0 Å². The first-order chi connectivity index (χ1) is 15.2. The van der Waals surface area contributed by atoms with Crippen molar-refractivity contribution in [2.45, 2.75) is 84.3 Å². The molecule has 0 amide bonds. The van der Waals surface area contributed by atoms with Gasteiger partial charge in [0.1, 0.15) is 5.76 Å². The average molecular weight is 460 g/mol. The number of nitrogens with zero attached hydrogens (tertiary/aromatic N) is 5. The third-order valence-electron chi connectivity index (χ3n) is 4.79. The third-order valence-corrected chi connectivity index (χ3v) is 4.79. The molecule has 0 aromatic carbocycles. The van der Waals surface area contributed by atoms with E-state index in [4.69, 9.17) is 10.3 Å². The number of aryl methyl sites for hydroxylation is 1. The normalized spacial score (nSPS) is 17.6. The van der Waals surface area contributed by atoms with Crippen molar-refractivity contribution in [2.24, 2.45) is 20.7 Å².